The van der Waals surface area contributed by atoms with Crippen molar-refractivity contribution in [3.8, 4) is 17.5 Å². The second-order valence-electron chi connectivity index (χ2n) is 2.58. The van der Waals surface area contributed by atoms with Gasteiger partial charge in [0, 0.05) is 18.0 Å². The molecule has 0 fully saturated rings. The van der Waals surface area contributed by atoms with E-state index in [1.807, 2.05) is 6.07 Å². The summed E-state index contributed by atoms with van der Waals surface area (Å²) in [6.07, 6.45) is 3.43. The normalized spacial score (nSPS) is 9.64. The number of nitrogens with zero attached hydrogens (tertiary/aromatic N) is 4. The molecule has 2 aromatic heterocycles. The lowest BCUT2D eigenvalue weighted by Crippen LogP contribution is -1.82. The number of nitriles is 1. The summed E-state index contributed by atoms with van der Waals surface area (Å²) in [4.78, 5) is 7.92. The maximum atomic E-state index is 8.41. The van der Waals surface area contributed by atoms with Crippen molar-refractivity contribution in [3.63, 3.8) is 0 Å². The fourth-order valence-corrected chi connectivity index (χ4v) is 1.01. The topological polar surface area (TPSA) is 75.6 Å². The minimum Gasteiger partial charge on any atom is -0.338 e. The molecule has 5 heteroatoms. The minimum absolute atomic E-state index is 0.137. The van der Waals surface area contributed by atoms with E-state index in [1.165, 1.54) is 0 Å². The van der Waals surface area contributed by atoms with Gasteiger partial charge in [0.1, 0.15) is 6.42 Å². The van der Waals surface area contributed by atoms with Crippen molar-refractivity contribution in [2.75, 3.05) is 0 Å². The molecule has 0 saturated carbocycles. The van der Waals surface area contributed by atoms with E-state index >= 15 is 0 Å². The molecule has 0 bridgehead atoms. The molecule has 0 amide bonds. The van der Waals surface area contributed by atoms with Crippen LogP contribution in [0.1, 0.15) is 5.89 Å². The van der Waals surface area contributed by atoms with E-state index in [0.29, 0.717) is 11.7 Å². The lowest BCUT2D eigenvalue weighted by molar-refractivity contribution is 0.388. The van der Waals surface area contributed by atoms with Crippen LogP contribution in [0.5, 0.6) is 0 Å². The summed E-state index contributed by atoms with van der Waals surface area (Å²) >= 11 is 0. The van der Waals surface area contributed by atoms with Gasteiger partial charge in [-0.15, -0.1) is 0 Å². The molecule has 0 aliphatic heterocycles. The first-order valence-electron chi connectivity index (χ1n) is 4.00. The van der Waals surface area contributed by atoms with E-state index in [1.54, 1.807) is 24.5 Å². The van der Waals surface area contributed by atoms with Gasteiger partial charge in [0.15, 0.2) is 0 Å². The number of pyridine rings is 1. The lowest BCUT2D eigenvalue weighted by Gasteiger charge is -1.89. The third-order valence-corrected chi connectivity index (χ3v) is 1.64. The van der Waals surface area contributed by atoms with Crippen LogP contribution in [-0.2, 0) is 6.42 Å². The molecule has 2 aromatic rings. The summed E-state index contributed by atoms with van der Waals surface area (Å²) in [5.41, 5.74) is 0.827. The molecule has 0 spiro atoms. The summed E-state index contributed by atoms with van der Waals surface area (Å²) < 4.78 is 4.86. The van der Waals surface area contributed by atoms with Gasteiger partial charge in [-0.25, -0.2) is 0 Å². The molecule has 2 heterocycles. The number of hydrogen-bond donors (Lipinski definition) is 0. The first kappa shape index (κ1) is 8.38. The Labute approximate surface area is 80.0 Å². The molecule has 0 radical (unpaired) electrons. The number of rotatable bonds is 2. The molecular weight excluding hydrogens is 180 g/mol. The third-order valence-electron chi connectivity index (χ3n) is 1.64. The second-order valence-corrected chi connectivity index (χ2v) is 2.58. The Morgan fingerprint density at radius 2 is 2.14 bits per heavy atom. The van der Waals surface area contributed by atoms with Gasteiger partial charge in [0.25, 0.3) is 0 Å². The van der Waals surface area contributed by atoms with Crippen LogP contribution in [0.15, 0.2) is 29.0 Å². The molecule has 0 aliphatic carbocycles. The first-order valence-corrected chi connectivity index (χ1v) is 4.00. The van der Waals surface area contributed by atoms with E-state index in [4.69, 9.17) is 9.78 Å². The fraction of sp³-hybridized carbons (Fsp3) is 0.111. The summed E-state index contributed by atoms with van der Waals surface area (Å²) in [5.74, 6) is 0.817. The Bertz CT molecular complexity index is 457. The first-order chi connectivity index (χ1) is 6.90. The van der Waals surface area contributed by atoms with Crippen LogP contribution in [0.3, 0.4) is 0 Å². The zero-order chi connectivity index (χ0) is 9.80. The smallest absolute Gasteiger partial charge is 0.241 e. The van der Waals surface area contributed by atoms with Gasteiger partial charge in [0.05, 0.1) is 6.07 Å². The molecule has 5 nitrogen and oxygen atoms in total. The highest BCUT2D eigenvalue weighted by atomic mass is 16.5. The average Bonchev–Trinajstić information content (AvgIpc) is 2.68. The fourth-order valence-electron chi connectivity index (χ4n) is 1.01. The molecule has 0 aromatic carbocycles. The predicted molar refractivity (Wildman–Crippen MR) is 46.8 cm³/mol. The van der Waals surface area contributed by atoms with E-state index in [2.05, 4.69) is 15.1 Å². The monoisotopic (exact) mass is 186 g/mol. The van der Waals surface area contributed by atoms with Crippen molar-refractivity contribution >= 4 is 0 Å². The SMILES string of the molecule is N#CCc1nc(-c2ccncc2)no1. The van der Waals surface area contributed by atoms with E-state index in [-0.39, 0.29) is 6.42 Å². The Balaban J connectivity index is 2.31. The Hall–Kier alpha value is -2.22. The van der Waals surface area contributed by atoms with Crippen LogP contribution in [0.2, 0.25) is 0 Å². The minimum atomic E-state index is 0.137. The standard InChI is InChI=1S/C9H6N4O/c10-4-1-8-12-9(13-14-8)7-2-5-11-6-3-7/h2-3,5-6H,1H2. The highest BCUT2D eigenvalue weighted by Crippen LogP contribution is 2.13. The Kier molecular flexibility index (Phi) is 2.19. The summed E-state index contributed by atoms with van der Waals surface area (Å²) in [5, 5.41) is 12.2. The quantitative estimate of drug-likeness (QED) is 0.704. The largest absolute Gasteiger partial charge is 0.338 e. The molecule has 0 N–H and O–H groups in total. The van der Waals surface area contributed by atoms with Crippen molar-refractivity contribution in [2.45, 2.75) is 6.42 Å². The second kappa shape index (κ2) is 3.66. The Morgan fingerprint density at radius 1 is 1.36 bits per heavy atom. The molecular formula is C9H6N4O. The van der Waals surface area contributed by atoms with Crippen molar-refractivity contribution < 1.29 is 4.52 Å². The molecule has 0 aliphatic rings. The van der Waals surface area contributed by atoms with Gasteiger partial charge in [-0.1, -0.05) is 5.16 Å². The van der Waals surface area contributed by atoms with Crippen LogP contribution in [0, 0.1) is 11.3 Å². The van der Waals surface area contributed by atoms with Gasteiger partial charge < -0.3 is 4.52 Å². The molecule has 0 saturated heterocycles. The summed E-state index contributed by atoms with van der Waals surface area (Å²) in [7, 11) is 0. The average molecular weight is 186 g/mol. The van der Waals surface area contributed by atoms with E-state index in [0.717, 1.165) is 5.56 Å². The maximum absolute atomic E-state index is 8.41. The zero-order valence-corrected chi connectivity index (χ0v) is 7.21. The molecule has 0 unspecified atom stereocenters. The van der Waals surface area contributed by atoms with Crippen LogP contribution >= 0.6 is 0 Å². The van der Waals surface area contributed by atoms with Crippen molar-refractivity contribution in [2.24, 2.45) is 0 Å². The van der Waals surface area contributed by atoms with Crippen LogP contribution in [0.25, 0.3) is 11.4 Å². The molecule has 14 heavy (non-hydrogen) atoms. The van der Waals surface area contributed by atoms with E-state index < -0.39 is 0 Å². The highest BCUT2D eigenvalue weighted by Gasteiger charge is 2.06. The third kappa shape index (κ3) is 1.59. The van der Waals surface area contributed by atoms with Gasteiger partial charge in [-0.3, -0.25) is 4.98 Å². The maximum Gasteiger partial charge on any atom is 0.241 e. The highest BCUT2D eigenvalue weighted by molar-refractivity contribution is 5.52. The number of aromatic nitrogens is 3. The van der Waals surface area contributed by atoms with Crippen LogP contribution < -0.4 is 0 Å². The summed E-state index contributed by atoms with van der Waals surface area (Å²) in [6.45, 7) is 0. The predicted octanol–water partition coefficient (Wildman–Crippen LogP) is 1.20. The lowest BCUT2D eigenvalue weighted by atomic mass is 10.2. The van der Waals surface area contributed by atoms with Crippen LogP contribution in [-0.4, -0.2) is 15.1 Å². The Morgan fingerprint density at radius 3 is 2.86 bits per heavy atom. The van der Waals surface area contributed by atoms with E-state index in [9.17, 15) is 0 Å². The molecule has 2 rings (SSSR count). The zero-order valence-electron chi connectivity index (χ0n) is 7.21. The number of hydrogen-bond acceptors (Lipinski definition) is 5. The van der Waals surface area contributed by atoms with Gasteiger partial charge in [0.2, 0.25) is 11.7 Å². The summed E-state index contributed by atoms with van der Waals surface area (Å²) in [6, 6.07) is 5.50. The molecule has 68 valence electrons. The van der Waals surface area contributed by atoms with Crippen molar-refractivity contribution in [1.82, 2.24) is 15.1 Å². The van der Waals surface area contributed by atoms with Crippen molar-refractivity contribution in [1.29, 1.82) is 5.26 Å². The van der Waals surface area contributed by atoms with Gasteiger partial charge in [-0.05, 0) is 12.1 Å². The van der Waals surface area contributed by atoms with Crippen molar-refractivity contribution in [3.05, 3.63) is 30.4 Å². The van der Waals surface area contributed by atoms with Crippen LogP contribution in [0.4, 0.5) is 0 Å². The van der Waals surface area contributed by atoms with Gasteiger partial charge >= 0.3 is 0 Å². The molecule has 0 atom stereocenters. The van der Waals surface area contributed by atoms with Gasteiger partial charge in [-0.2, -0.15) is 10.2 Å².